The highest BCUT2D eigenvalue weighted by Gasteiger charge is 2.16. The molecule has 4 nitrogen and oxygen atoms in total. The Morgan fingerprint density at radius 1 is 1.14 bits per heavy atom. The van der Waals surface area contributed by atoms with Gasteiger partial charge in [-0.1, -0.05) is 48.2 Å². The van der Waals surface area contributed by atoms with Crippen molar-refractivity contribution in [2.45, 2.75) is 17.2 Å². The van der Waals surface area contributed by atoms with Gasteiger partial charge in [0.05, 0.1) is 16.8 Å². The van der Waals surface area contributed by atoms with Crippen molar-refractivity contribution >= 4 is 23.5 Å². The van der Waals surface area contributed by atoms with Crippen LogP contribution in [-0.2, 0) is 4.79 Å². The Kier molecular flexibility index (Phi) is 5.51. The van der Waals surface area contributed by atoms with E-state index in [1.807, 2.05) is 24.3 Å². The van der Waals surface area contributed by atoms with Gasteiger partial charge in [-0.3, -0.25) is 9.59 Å². The molecule has 21 heavy (non-hydrogen) atoms. The van der Waals surface area contributed by atoms with Crippen LogP contribution >= 0.6 is 11.8 Å². The van der Waals surface area contributed by atoms with Crippen molar-refractivity contribution in [3.63, 3.8) is 0 Å². The fraction of sp³-hybridized carbons (Fsp3) is 0.188. The summed E-state index contributed by atoms with van der Waals surface area (Å²) in [5, 5.41) is 3.15. The lowest BCUT2D eigenvalue weighted by Crippen LogP contribution is -2.35. The molecule has 0 unspecified atom stereocenters. The average molecular weight is 300 g/mol. The van der Waals surface area contributed by atoms with Gasteiger partial charge in [0.15, 0.2) is 5.78 Å². The third kappa shape index (κ3) is 4.72. The Bertz CT molecular complexity index is 602. The van der Waals surface area contributed by atoms with Gasteiger partial charge < -0.3 is 5.32 Å². The van der Waals surface area contributed by atoms with Crippen molar-refractivity contribution in [3.05, 3.63) is 60.3 Å². The van der Waals surface area contributed by atoms with Gasteiger partial charge in [0.1, 0.15) is 0 Å². The first-order valence-electron chi connectivity index (χ1n) is 6.60. The Hall–Kier alpha value is -2.14. The molecule has 1 aromatic carbocycles. The predicted octanol–water partition coefficient (Wildman–Crippen LogP) is 2.56. The van der Waals surface area contributed by atoms with Gasteiger partial charge >= 0.3 is 0 Å². The van der Waals surface area contributed by atoms with Crippen molar-refractivity contribution in [2.75, 3.05) is 6.54 Å². The zero-order valence-electron chi connectivity index (χ0n) is 11.7. The summed E-state index contributed by atoms with van der Waals surface area (Å²) in [7, 11) is 0. The zero-order valence-corrected chi connectivity index (χ0v) is 12.5. The number of aromatic nitrogens is 1. The number of carbonyl (C=O) groups is 2. The molecule has 1 aromatic heterocycles. The van der Waals surface area contributed by atoms with Crippen LogP contribution in [0.15, 0.2) is 59.8 Å². The van der Waals surface area contributed by atoms with Crippen molar-refractivity contribution < 1.29 is 9.59 Å². The highest BCUT2D eigenvalue weighted by Crippen LogP contribution is 2.20. The molecule has 0 bridgehead atoms. The summed E-state index contributed by atoms with van der Waals surface area (Å²) in [6.45, 7) is 1.80. The molecular weight excluding hydrogens is 284 g/mol. The summed E-state index contributed by atoms with van der Waals surface area (Å²) in [6, 6.07) is 14.5. The minimum atomic E-state index is -0.302. The number of carbonyl (C=O) groups excluding carboxylic acids is 2. The number of hydrogen-bond acceptors (Lipinski definition) is 4. The number of thioether (sulfide) groups is 1. The number of hydrogen-bond donors (Lipinski definition) is 1. The van der Waals surface area contributed by atoms with Gasteiger partial charge in [-0.15, -0.1) is 0 Å². The molecule has 108 valence electrons. The van der Waals surface area contributed by atoms with Crippen LogP contribution in [0.2, 0.25) is 0 Å². The molecule has 0 spiro atoms. The number of nitrogens with one attached hydrogen (secondary N) is 1. The molecule has 1 atom stereocenters. The number of Topliss-reactive ketones (excluding diaryl/α,β-unsaturated/α-hetero) is 1. The Balaban J connectivity index is 1.83. The van der Waals surface area contributed by atoms with Crippen LogP contribution in [0.3, 0.4) is 0 Å². The van der Waals surface area contributed by atoms with E-state index >= 15 is 0 Å². The second kappa shape index (κ2) is 7.59. The van der Waals surface area contributed by atoms with E-state index in [4.69, 9.17) is 0 Å². The normalized spacial score (nSPS) is 11.7. The second-order valence-electron chi connectivity index (χ2n) is 4.44. The van der Waals surface area contributed by atoms with Gasteiger partial charge in [-0.05, 0) is 19.1 Å². The predicted molar refractivity (Wildman–Crippen MR) is 83.3 cm³/mol. The number of nitrogens with zero attached hydrogens (tertiary/aromatic N) is 1. The minimum absolute atomic E-state index is 0.00989. The summed E-state index contributed by atoms with van der Waals surface area (Å²) >= 11 is 1.36. The molecule has 0 radical (unpaired) electrons. The van der Waals surface area contributed by atoms with Crippen molar-refractivity contribution in [1.29, 1.82) is 0 Å². The molecule has 0 saturated heterocycles. The molecule has 0 aliphatic carbocycles. The number of amides is 1. The minimum Gasteiger partial charge on any atom is -0.348 e. The molecule has 0 aliphatic rings. The number of benzene rings is 1. The number of pyridine rings is 1. The molecule has 2 rings (SSSR count). The lowest BCUT2D eigenvalue weighted by molar-refractivity contribution is -0.120. The largest absolute Gasteiger partial charge is 0.348 e. The third-order valence-electron chi connectivity index (χ3n) is 2.82. The summed E-state index contributed by atoms with van der Waals surface area (Å²) in [6.07, 6.45) is 1.69. The Morgan fingerprint density at radius 2 is 1.86 bits per heavy atom. The van der Waals surface area contributed by atoms with E-state index < -0.39 is 0 Å². The molecule has 1 amide bonds. The summed E-state index contributed by atoms with van der Waals surface area (Å²) < 4.78 is 0. The van der Waals surface area contributed by atoms with Crippen LogP contribution in [0.4, 0.5) is 0 Å². The Labute approximate surface area is 128 Å². The van der Waals surface area contributed by atoms with E-state index in [0.29, 0.717) is 5.56 Å². The summed E-state index contributed by atoms with van der Waals surface area (Å²) in [4.78, 5) is 28.0. The van der Waals surface area contributed by atoms with Crippen molar-refractivity contribution in [2.24, 2.45) is 0 Å². The lowest BCUT2D eigenvalue weighted by atomic mass is 10.1. The van der Waals surface area contributed by atoms with Crippen LogP contribution in [-0.4, -0.2) is 28.5 Å². The van der Waals surface area contributed by atoms with Crippen LogP contribution < -0.4 is 5.32 Å². The van der Waals surface area contributed by atoms with E-state index in [2.05, 4.69) is 10.3 Å². The maximum Gasteiger partial charge on any atom is 0.233 e. The molecular formula is C16H16N2O2S. The smallest absolute Gasteiger partial charge is 0.233 e. The molecule has 1 N–H and O–H groups in total. The maximum atomic E-state index is 12.0. The van der Waals surface area contributed by atoms with Crippen molar-refractivity contribution in [1.82, 2.24) is 10.3 Å². The van der Waals surface area contributed by atoms with Crippen molar-refractivity contribution in [3.8, 4) is 0 Å². The van der Waals surface area contributed by atoms with Crippen LogP contribution in [0.5, 0.6) is 0 Å². The molecule has 0 aliphatic heterocycles. The van der Waals surface area contributed by atoms with Gasteiger partial charge in [0, 0.05) is 11.8 Å². The molecule has 1 heterocycles. The lowest BCUT2D eigenvalue weighted by Gasteiger charge is -2.11. The second-order valence-corrected chi connectivity index (χ2v) is 5.80. The van der Waals surface area contributed by atoms with E-state index in [1.165, 1.54) is 11.8 Å². The quantitative estimate of drug-likeness (QED) is 0.658. The van der Waals surface area contributed by atoms with Gasteiger partial charge in [-0.2, -0.15) is 0 Å². The first-order valence-corrected chi connectivity index (χ1v) is 7.48. The maximum absolute atomic E-state index is 12.0. The van der Waals surface area contributed by atoms with E-state index in [0.717, 1.165) is 5.03 Å². The zero-order chi connectivity index (χ0) is 15.1. The average Bonchev–Trinajstić information content (AvgIpc) is 2.54. The van der Waals surface area contributed by atoms with Crippen LogP contribution in [0.25, 0.3) is 0 Å². The molecule has 5 heteroatoms. The molecule has 0 saturated carbocycles. The molecule has 0 fully saturated rings. The number of rotatable bonds is 6. The van der Waals surface area contributed by atoms with Crippen LogP contribution in [0, 0.1) is 0 Å². The SMILES string of the molecule is C[C@@H](Sc1ccccn1)C(=O)NCC(=O)c1ccccc1. The van der Waals surface area contributed by atoms with E-state index in [9.17, 15) is 9.59 Å². The standard InChI is InChI=1S/C16H16N2O2S/c1-12(21-15-9-5-6-10-17-15)16(20)18-11-14(19)13-7-3-2-4-8-13/h2-10,12H,11H2,1H3,(H,18,20)/t12-/m1/s1. The monoisotopic (exact) mass is 300 g/mol. The van der Waals surface area contributed by atoms with Crippen LogP contribution in [0.1, 0.15) is 17.3 Å². The number of ketones is 1. The fourth-order valence-corrected chi connectivity index (χ4v) is 2.52. The molecule has 2 aromatic rings. The topological polar surface area (TPSA) is 59.1 Å². The Morgan fingerprint density at radius 3 is 2.52 bits per heavy atom. The highest BCUT2D eigenvalue weighted by atomic mass is 32.2. The van der Waals surface area contributed by atoms with Gasteiger partial charge in [0.2, 0.25) is 5.91 Å². The van der Waals surface area contributed by atoms with E-state index in [-0.39, 0.29) is 23.5 Å². The van der Waals surface area contributed by atoms with Gasteiger partial charge in [0.25, 0.3) is 0 Å². The summed E-state index contributed by atoms with van der Waals surface area (Å²) in [5.74, 6) is -0.270. The summed E-state index contributed by atoms with van der Waals surface area (Å²) in [5.41, 5.74) is 0.600. The first-order chi connectivity index (χ1) is 10.2. The third-order valence-corrected chi connectivity index (χ3v) is 3.87. The van der Waals surface area contributed by atoms with Gasteiger partial charge in [-0.25, -0.2) is 4.98 Å². The highest BCUT2D eigenvalue weighted by molar-refractivity contribution is 8.00. The first kappa shape index (κ1) is 15.3. The van der Waals surface area contributed by atoms with E-state index in [1.54, 1.807) is 37.4 Å². The fourth-order valence-electron chi connectivity index (χ4n) is 1.69.